The number of benzene rings is 1. The highest BCUT2D eigenvalue weighted by atomic mass is 79.9. The standard InChI is InChI=1S/C15H19BrCl2N2O2/c1-15(2,3)22-14(21)20-9-6-8(7-9)19-11-5-4-10(16)12(17)13(11)18/h4-5,8-9,19H,6-7H2,1-3H3,(H,20,21). The SMILES string of the molecule is CC(C)(C)OC(=O)NC1CC(Nc2ccc(Br)c(Cl)c2Cl)C1. The first-order valence-corrected chi connectivity index (χ1v) is 8.60. The number of rotatable bonds is 3. The molecule has 122 valence electrons. The highest BCUT2D eigenvalue weighted by molar-refractivity contribution is 9.10. The van der Waals surface area contributed by atoms with Crippen molar-refractivity contribution >= 4 is 50.9 Å². The van der Waals surface area contributed by atoms with Gasteiger partial charge in [0.2, 0.25) is 0 Å². The topological polar surface area (TPSA) is 50.4 Å². The minimum atomic E-state index is -0.479. The van der Waals surface area contributed by atoms with Crippen LogP contribution < -0.4 is 10.6 Å². The molecule has 22 heavy (non-hydrogen) atoms. The zero-order valence-electron chi connectivity index (χ0n) is 12.7. The monoisotopic (exact) mass is 408 g/mol. The van der Waals surface area contributed by atoms with E-state index >= 15 is 0 Å². The van der Waals surface area contributed by atoms with E-state index in [4.69, 9.17) is 27.9 Å². The van der Waals surface area contributed by atoms with Crippen molar-refractivity contribution in [3.8, 4) is 0 Å². The van der Waals surface area contributed by atoms with E-state index in [0.29, 0.717) is 10.0 Å². The molecule has 1 aliphatic rings. The smallest absolute Gasteiger partial charge is 0.407 e. The van der Waals surface area contributed by atoms with Gasteiger partial charge in [-0.05, 0) is 61.7 Å². The summed E-state index contributed by atoms with van der Waals surface area (Å²) in [6.07, 6.45) is 1.27. The Hall–Kier alpha value is -0.650. The lowest BCUT2D eigenvalue weighted by Crippen LogP contribution is -2.50. The summed E-state index contributed by atoms with van der Waals surface area (Å²) in [6.45, 7) is 5.53. The average Bonchev–Trinajstić information content (AvgIpc) is 2.34. The van der Waals surface area contributed by atoms with Crippen LogP contribution in [0.2, 0.25) is 10.0 Å². The maximum absolute atomic E-state index is 11.7. The number of nitrogens with one attached hydrogen (secondary N) is 2. The van der Waals surface area contributed by atoms with Crippen LogP contribution >= 0.6 is 39.1 Å². The molecule has 2 N–H and O–H groups in total. The van der Waals surface area contributed by atoms with Gasteiger partial charge in [0, 0.05) is 16.6 Å². The van der Waals surface area contributed by atoms with Gasteiger partial charge >= 0.3 is 6.09 Å². The van der Waals surface area contributed by atoms with Crippen LogP contribution in [0, 0.1) is 0 Å². The minimum absolute atomic E-state index is 0.122. The van der Waals surface area contributed by atoms with Crippen LogP contribution in [0.5, 0.6) is 0 Å². The maximum atomic E-state index is 11.7. The Bertz CT molecular complexity index is 569. The lowest BCUT2D eigenvalue weighted by atomic mass is 9.86. The van der Waals surface area contributed by atoms with E-state index in [2.05, 4.69) is 26.6 Å². The molecule has 2 rings (SSSR count). The van der Waals surface area contributed by atoms with E-state index in [1.54, 1.807) is 0 Å². The third-order valence-electron chi connectivity index (χ3n) is 3.25. The predicted octanol–water partition coefficient (Wildman–Crippen LogP) is 5.22. The fourth-order valence-electron chi connectivity index (χ4n) is 2.19. The predicted molar refractivity (Wildman–Crippen MR) is 94.0 cm³/mol. The summed E-state index contributed by atoms with van der Waals surface area (Å²) in [5, 5.41) is 7.19. The van der Waals surface area contributed by atoms with E-state index in [1.807, 2.05) is 32.9 Å². The minimum Gasteiger partial charge on any atom is -0.444 e. The van der Waals surface area contributed by atoms with Gasteiger partial charge in [-0.15, -0.1) is 0 Å². The number of carbonyl (C=O) groups is 1. The Morgan fingerprint density at radius 3 is 2.45 bits per heavy atom. The quantitative estimate of drug-likeness (QED) is 0.672. The second kappa shape index (κ2) is 6.85. The van der Waals surface area contributed by atoms with Crippen molar-refractivity contribution in [1.29, 1.82) is 0 Å². The first-order valence-electron chi connectivity index (χ1n) is 7.05. The largest absolute Gasteiger partial charge is 0.444 e. The summed E-state index contributed by atoms with van der Waals surface area (Å²) in [4.78, 5) is 11.7. The molecular weight excluding hydrogens is 391 g/mol. The molecule has 1 aromatic rings. The fraction of sp³-hybridized carbons (Fsp3) is 0.533. The van der Waals surface area contributed by atoms with Crippen LogP contribution in [0.1, 0.15) is 33.6 Å². The molecule has 0 bridgehead atoms. The normalized spacial score (nSPS) is 21.0. The summed E-state index contributed by atoms with van der Waals surface area (Å²) in [5.74, 6) is 0. The zero-order chi connectivity index (χ0) is 16.5. The molecule has 1 aliphatic carbocycles. The first kappa shape index (κ1) is 17.7. The molecule has 7 heteroatoms. The summed E-state index contributed by atoms with van der Waals surface area (Å²) >= 11 is 15.6. The Kier molecular flexibility index (Phi) is 5.51. The van der Waals surface area contributed by atoms with Gasteiger partial charge in [0.05, 0.1) is 15.7 Å². The Labute approximate surface area is 149 Å². The van der Waals surface area contributed by atoms with Crippen LogP contribution in [-0.4, -0.2) is 23.8 Å². The molecule has 1 fully saturated rings. The van der Waals surface area contributed by atoms with Crippen molar-refractivity contribution in [2.75, 3.05) is 5.32 Å². The second-order valence-electron chi connectivity index (χ2n) is 6.38. The third kappa shape index (κ3) is 4.67. The van der Waals surface area contributed by atoms with Crippen LogP contribution in [0.25, 0.3) is 0 Å². The van der Waals surface area contributed by atoms with E-state index in [9.17, 15) is 4.79 Å². The Balaban J connectivity index is 1.81. The third-order valence-corrected chi connectivity index (χ3v) is 5.02. The summed E-state index contributed by atoms with van der Waals surface area (Å²) in [5.41, 5.74) is 0.322. The van der Waals surface area contributed by atoms with Gasteiger partial charge in [-0.25, -0.2) is 4.79 Å². The van der Waals surface area contributed by atoms with E-state index in [1.165, 1.54) is 0 Å². The summed E-state index contributed by atoms with van der Waals surface area (Å²) in [7, 11) is 0. The summed E-state index contributed by atoms with van der Waals surface area (Å²) < 4.78 is 6.00. The molecule has 1 saturated carbocycles. The van der Waals surface area contributed by atoms with Crippen molar-refractivity contribution in [2.45, 2.75) is 51.3 Å². The zero-order valence-corrected chi connectivity index (χ0v) is 15.8. The molecule has 0 atom stereocenters. The summed E-state index contributed by atoms with van der Waals surface area (Å²) in [6, 6.07) is 4.12. The number of ether oxygens (including phenoxy) is 1. The van der Waals surface area contributed by atoms with Crippen molar-refractivity contribution in [3.63, 3.8) is 0 Å². The van der Waals surface area contributed by atoms with Crippen LogP contribution in [0.15, 0.2) is 16.6 Å². The molecule has 1 aromatic carbocycles. The Morgan fingerprint density at radius 1 is 1.23 bits per heavy atom. The van der Waals surface area contributed by atoms with E-state index in [-0.39, 0.29) is 18.2 Å². The first-order chi connectivity index (χ1) is 10.2. The van der Waals surface area contributed by atoms with Gasteiger partial charge in [0.25, 0.3) is 0 Å². The van der Waals surface area contributed by atoms with Crippen molar-refractivity contribution in [3.05, 3.63) is 26.7 Å². The molecule has 0 radical (unpaired) electrons. The highest BCUT2D eigenvalue weighted by Crippen LogP contribution is 2.37. The molecule has 1 amide bonds. The number of anilines is 1. The van der Waals surface area contributed by atoms with Crippen LogP contribution in [0.4, 0.5) is 10.5 Å². The number of alkyl carbamates (subject to hydrolysis) is 1. The van der Waals surface area contributed by atoms with Gasteiger partial charge < -0.3 is 15.4 Å². The lowest BCUT2D eigenvalue weighted by molar-refractivity contribution is 0.0475. The van der Waals surface area contributed by atoms with E-state index < -0.39 is 5.60 Å². The molecular formula is C15H19BrCl2N2O2. The number of hydrogen-bond donors (Lipinski definition) is 2. The fourth-order valence-corrected chi connectivity index (χ4v) is 3.01. The van der Waals surface area contributed by atoms with Gasteiger partial charge in [0.1, 0.15) is 5.60 Å². The molecule has 0 unspecified atom stereocenters. The second-order valence-corrected chi connectivity index (χ2v) is 7.99. The van der Waals surface area contributed by atoms with Gasteiger partial charge in [-0.1, -0.05) is 23.2 Å². The lowest BCUT2D eigenvalue weighted by Gasteiger charge is -2.37. The molecule has 0 spiro atoms. The molecule has 0 heterocycles. The number of carbonyl (C=O) groups excluding carboxylic acids is 1. The van der Waals surface area contributed by atoms with Gasteiger partial charge in [0.15, 0.2) is 0 Å². The van der Waals surface area contributed by atoms with Gasteiger partial charge in [-0.3, -0.25) is 0 Å². The average molecular weight is 410 g/mol. The maximum Gasteiger partial charge on any atom is 0.407 e. The van der Waals surface area contributed by atoms with E-state index in [0.717, 1.165) is 23.0 Å². The van der Waals surface area contributed by atoms with Crippen molar-refractivity contribution in [1.82, 2.24) is 5.32 Å². The number of hydrogen-bond acceptors (Lipinski definition) is 3. The molecule has 0 aromatic heterocycles. The molecule has 4 nitrogen and oxygen atoms in total. The molecule has 0 aliphatic heterocycles. The van der Waals surface area contributed by atoms with Crippen LogP contribution in [0.3, 0.4) is 0 Å². The van der Waals surface area contributed by atoms with Crippen LogP contribution in [-0.2, 0) is 4.74 Å². The number of halogens is 3. The highest BCUT2D eigenvalue weighted by Gasteiger charge is 2.32. The molecule has 0 saturated heterocycles. The van der Waals surface area contributed by atoms with Gasteiger partial charge in [-0.2, -0.15) is 0 Å². The van der Waals surface area contributed by atoms with Crippen molar-refractivity contribution < 1.29 is 9.53 Å². The van der Waals surface area contributed by atoms with Crippen molar-refractivity contribution in [2.24, 2.45) is 0 Å². The number of amides is 1. The Morgan fingerprint density at radius 2 is 1.86 bits per heavy atom.